The van der Waals surface area contributed by atoms with Crippen molar-refractivity contribution in [3.63, 3.8) is 0 Å². The van der Waals surface area contributed by atoms with E-state index in [-0.39, 0.29) is 36.8 Å². The minimum Gasteiger partial charge on any atom is -0.497 e. The summed E-state index contributed by atoms with van der Waals surface area (Å²) in [4.78, 5) is 70.0. The first kappa shape index (κ1) is 41.4. The second-order valence-electron chi connectivity index (χ2n) is 14.1. The molecule has 1 aliphatic rings. The monoisotopic (exact) mass is 741 g/mol. The maximum absolute atomic E-state index is 13.9. The number of carbonyl (C=O) groups excluding carboxylic acids is 5. The standard InChI is InChI=1S/C42H55N5O7/c1-29(2)26-35-41(51)46-36(27-30-14-8-7-9-15-30)42(52)47(3)24-12-5-6-13-25-54-37-17-11-10-16-33(37)39(49)45-34(22-23-38(48)44-35)40(50)43-28-31-18-20-32(53-4)21-19-31/h7-11,14-21,29,34-36H,5-6,12-13,22-28H2,1-4H3,(H,43,50)(H,44,48)(H,45,49)(H,46,51)/t34-,35-,36-/m0/s1. The molecule has 0 bridgehead atoms. The molecule has 0 fully saturated rings. The van der Waals surface area contributed by atoms with E-state index in [4.69, 9.17) is 9.47 Å². The van der Waals surface area contributed by atoms with Crippen LogP contribution in [0.4, 0.5) is 0 Å². The lowest BCUT2D eigenvalue weighted by Crippen LogP contribution is -2.55. The molecular weight excluding hydrogens is 686 g/mol. The van der Waals surface area contributed by atoms with Crippen LogP contribution in [0.2, 0.25) is 0 Å². The molecule has 0 aliphatic carbocycles. The fourth-order valence-corrected chi connectivity index (χ4v) is 6.27. The molecule has 3 aromatic rings. The highest BCUT2D eigenvalue weighted by Crippen LogP contribution is 2.20. The van der Waals surface area contributed by atoms with Gasteiger partial charge in [-0.15, -0.1) is 0 Å². The lowest BCUT2D eigenvalue weighted by atomic mass is 10.0. The van der Waals surface area contributed by atoms with E-state index in [1.54, 1.807) is 55.5 Å². The second-order valence-corrected chi connectivity index (χ2v) is 14.1. The first-order valence-corrected chi connectivity index (χ1v) is 18.9. The smallest absolute Gasteiger partial charge is 0.255 e. The van der Waals surface area contributed by atoms with Crippen LogP contribution in [0.3, 0.4) is 0 Å². The van der Waals surface area contributed by atoms with Crippen molar-refractivity contribution in [2.75, 3.05) is 27.3 Å². The number of rotatable bonds is 8. The summed E-state index contributed by atoms with van der Waals surface area (Å²) >= 11 is 0. The molecular formula is C42H55N5O7. The summed E-state index contributed by atoms with van der Waals surface area (Å²) in [6.45, 7) is 4.98. The van der Waals surface area contributed by atoms with Crippen molar-refractivity contribution in [2.24, 2.45) is 5.92 Å². The molecule has 0 saturated heterocycles. The van der Waals surface area contributed by atoms with Gasteiger partial charge in [-0.2, -0.15) is 0 Å². The fourth-order valence-electron chi connectivity index (χ4n) is 6.27. The van der Waals surface area contributed by atoms with Crippen LogP contribution in [0.5, 0.6) is 11.5 Å². The van der Waals surface area contributed by atoms with E-state index in [0.717, 1.165) is 36.8 Å². The molecule has 3 atom stereocenters. The summed E-state index contributed by atoms with van der Waals surface area (Å²) in [6, 6.07) is 20.7. The number of methoxy groups -OCH3 is 1. The number of amides is 5. The van der Waals surface area contributed by atoms with Gasteiger partial charge in [0.15, 0.2) is 0 Å². The van der Waals surface area contributed by atoms with Crippen LogP contribution in [-0.2, 0) is 32.1 Å². The van der Waals surface area contributed by atoms with Gasteiger partial charge in [0, 0.05) is 33.0 Å². The Morgan fingerprint density at radius 1 is 0.852 bits per heavy atom. The quantitative estimate of drug-likeness (QED) is 0.264. The highest BCUT2D eigenvalue weighted by atomic mass is 16.5. The molecule has 4 N–H and O–H groups in total. The maximum Gasteiger partial charge on any atom is 0.255 e. The minimum absolute atomic E-state index is 0.0367. The van der Waals surface area contributed by atoms with Gasteiger partial charge >= 0.3 is 0 Å². The van der Waals surface area contributed by atoms with Crippen molar-refractivity contribution in [2.45, 2.75) is 89.9 Å². The summed E-state index contributed by atoms with van der Waals surface area (Å²) in [7, 11) is 3.32. The van der Waals surface area contributed by atoms with Crippen LogP contribution in [0.15, 0.2) is 78.9 Å². The van der Waals surface area contributed by atoms with Crippen LogP contribution in [0.25, 0.3) is 0 Å². The number of para-hydroxylation sites is 1. The number of nitrogens with one attached hydrogen (secondary N) is 4. The average molecular weight is 742 g/mol. The van der Waals surface area contributed by atoms with Crippen molar-refractivity contribution in [1.29, 1.82) is 0 Å². The first-order valence-electron chi connectivity index (χ1n) is 18.9. The van der Waals surface area contributed by atoms with Crippen LogP contribution >= 0.6 is 0 Å². The van der Waals surface area contributed by atoms with Gasteiger partial charge in [-0.25, -0.2) is 0 Å². The number of likely N-dealkylation sites (N-methyl/N-ethyl adjacent to an activating group) is 1. The zero-order valence-corrected chi connectivity index (χ0v) is 31.9. The number of benzene rings is 3. The van der Waals surface area contributed by atoms with Gasteiger partial charge in [-0.3, -0.25) is 24.0 Å². The normalized spacial score (nSPS) is 19.9. The summed E-state index contributed by atoms with van der Waals surface area (Å²) < 4.78 is 11.3. The van der Waals surface area contributed by atoms with Crippen LogP contribution < -0.4 is 30.7 Å². The molecule has 4 rings (SSSR count). The maximum atomic E-state index is 13.9. The lowest BCUT2D eigenvalue weighted by molar-refractivity contribution is -0.136. The predicted molar refractivity (Wildman–Crippen MR) is 207 cm³/mol. The SMILES string of the molecule is COc1ccc(CNC(=O)[C@@H]2CCC(=O)N[C@@H](CC(C)C)C(=O)N[C@@H](Cc3ccccc3)C(=O)N(C)CCCCCCOc3ccccc3C(=O)N2)cc1. The Kier molecular flexibility index (Phi) is 16.4. The Morgan fingerprint density at radius 3 is 2.28 bits per heavy atom. The van der Waals surface area contributed by atoms with Gasteiger partial charge in [0.25, 0.3) is 5.91 Å². The largest absolute Gasteiger partial charge is 0.497 e. The number of carbonyl (C=O) groups is 5. The molecule has 54 heavy (non-hydrogen) atoms. The van der Waals surface area contributed by atoms with Gasteiger partial charge in [0.1, 0.15) is 29.6 Å². The van der Waals surface area contributed by atoms with E-state index >= 15 is 0 Å². The predicted octanol–water partition coefficient (Wildman–Crippen LogP) is 4.56. The molecule has 0 saturated carbocycles. The number of fused-ring (bicyclic) bond motifs is 1. The Balaban J connectivity index is 1.57. The zero-order chi connectivity index (χ0) is 38.9. The lowest BCUT2D eigenvalue weighted by Gasteiger charge is -2.28. The van der Waals surface area contributed by atoms with E-state index in [9.17, 15) is 24.0 Å². The average Bonchev–Trinajstić information content (AvgIpc) is 3.17. The first-order chi connectivity index (χ1) is 26.0. The zero-order valence-electron chi connectivity index (χ0n) is 31.9. The van der Waals surface area contributed by atoms with Gasteiger partial charge in [-0.05, 0) is 67.0 Å². The Hall–Kier alpha value is -5.39. The Bertz CT molecular complexity index is 1680. The highest BCUT2D eigenvalue weighted by Gasteiger charge is 2.30. The third-order valence-electron chi connectivity index (χ3n) is 9.32. The van der Waals surface area contributed by atoms with Gasteiger partial charge in [0.2, 0.25) is 23.6 Å². The number of hydrogen-bond acceptors (Lipinski definition) is 7. The number of ether oxygens (including phenoxy) is 2. The topological polar surface area (TPSA) is 155 Å². The van der Waals surface area contributed by atoms with Crippen molar-refractivity contribution in [1.82, 2.24) is 26.2 Å². The van der Waals surface area contributed by atoms with E-state index < -0.39 is 41.8 Å². The molecule has 5 amide bonds. The molecule has 0 aromatic heterocycles. The highest BCUT2D eigenvalue weighted by molar-refractivity contribution is 6.00. The molecule has 290 valence electrons. The fraction of sp³-hybridized carbons (Fsp3) is 0.452. The third kappa shape index (κ3) is 13.2. The Labute approximate surface area is 318 Å². The van der Waals surface area contributed by atoms with Crippen LogP contribution in [-0.4, -0.2) is 79.9 Å². The number of hydrogen-bond donors (Lipinski definition) is 4. The third-order valence-corrected chi connectivity index (χ3v) is 9.32. The van der Waals surface area contributed by atoms with E-state index in [2.05, 4.69) is 21.3 Å². The van der Waals surface area contributed by atoms with Crippen molar-refractivity contribution < 1.29 is 33.4 Å². The van der Waals surface area contributed by atoms with Gasteiger partial charge in [0.05, 0.1) is 19.3 Å². The van der Waals surface area contributed by atoms with Gasteiger partial charge < -0.3 is 35.6 Å². The number of nitrogens with zero attached hydrogens (tertiary/aromatic N) is 1. The van der Waals surface area contributed by atoms with Crippen molar-refractivity contribution in [3.05, 3.63) is 95.6 Å². The van der Waals surface area contributed by atoms with Crippen molar-refractivity contribution in [3.8, 4) is 11.5 Å². The molecule has 0 radical (unpaired) electrons. The van der Waals surface area contributed by atoms with E-state index in [0.29, 0.717) is 37.5 Å². The van der Waals surface area contributed by atoms with E-state index in [1.165, 1.54) is 0 Å². The summed E-state index contributed by atoms with van der Waals surface area (Å²) in [5.41, 5.74) is 1.99. The van der Waals surface area contributed by atoms with Crippen LogP contribution in [0, 0.1) is 5.92 Å². The molecule has 0 spiro atoms. The molecule has 3 aromatic carbocycles. The summed E-state index contributed by atoms with van der Waals surface area (Å²) in [6.07, 6.45) is 3.65. The Morgan fingerprint density at radius 2 is 1.56 bits per heavy atom. The molecule has 1 heterocycles. The molecule has 0 unspecified atom stereocenters. The summed E-state index contributed by atoms with van der Waals surface area (Å²) in [5.74, 6) is -0.987. The molecule has 12 heteroatoms. The minimum atomic E-state index is -1.08. The van der Waals surface area contributed by atoms with Crippen molar-refractivity contribution >= 4 is 29.5 Å². The second kappa shape index (κ2) is 21.3. The van der Waals surface area contributed by atoms with Gasteiger partial charge in [-0.1, -0.05) is 81.3 Å². The molecule has 12 nitrogen and oxygen atoms in total. The molecule has 1 aliphatic heterocycles. The summed E-state index contributed by atoms with van der Waals surface area (Å²) in [5, 5.41) is 11.5. The van der Waals surface area contributed by atoms with E-state index in [1.807, 2.05) is 56.3 Å². The van der Waals surface area contributed by atoms with Crippen LogP contribution in [0.1, 0.15) is 80.3 Å².